The number of nitrogens with zero attached hydrogens (tertiary/aromatic N) is 3. The lowest BCUT2D eigenvalue weighted by atomic mass is 10.1. The summed E-state index contributed by atoms with van der Waals surface area (Å²) in [7, 11) is 1.52. The number of carbonyl (C=O) groups excluding carboxylic acids is 2. The molecule has 4 aromatic rings. The summed E-state index contributed by atoms with van der Waals surface area (Å²) in [6.45, 7) is 7.10. The van der Waals surface area contributed by atoms with Gasteiger partial charge in [-0.1, -0.05) is 67.9 Å². The minimum Gasteiger partial charge on any atom is -0.494 e. The summed E-state index contributed by atoms with van der Waals surface area (Å²) in [6, 6.07) is 27.1. The van der Waals surface area contributed by atoms with Crippen molar-refractivity contribution in [3.05, 3.63) is 114 Å². The van der Waals surface area contributed by atoms with Crippen molar-refractivity contribution in [3.63, 3.8) is 0 Å². The fourth-order valence-corrected chi connectivity index (χ4v) is 4.91. The maximum Gasteiger partial charge on any atom is 0.227 e. The number of carbonyl (C=O) groups is 2. The van der Waals surface area contributed by atoms with Crippen LogP contribution in [0, 0.1) is 18.7 Å². The van der Waals surface area contributed by atoms with Gasteiger partial charge in [0.1, 0.15) is 23.9 Å². The average Bonchev–Trinajstić information content (AvgIpc) is 3.42. The van der Waals surface area contributed by atoms with E-state index in [-0.39, 0.29) is 35.9 Å². The first-order valence-electron chi connectivity index (χ1n) is 14.4. The molecule has 1 aliphatic heterocycles. The zero-order valence-corrected chi connectivity index (χ0v) is 25.4. The number of aryl methyl sites for hydroxylation is 1. The Bertz CT molecular complexity index is 1700. The molecule has 0 radical (unpaired) electrons. The minimum atomic E-state index is -0.658. The third kappa shape index (κ3) is 6.27. The van der Waals surface area contributed by atoms with Gasteiger partial charge in [-0.25, -0.2) is 9.40 Å². The first kappa shape index (κ1) is 30.3. The predicted molar refractivity (Wildman–Crippen MR) is 171 cm³/mol. The van der Waals surface area contributed by atoms with E-state index in [9.17, 15) is 14.0 Å². The van der Waals surface area contributed by atoms with Gasteiger partial charge < -0.3 is 14.8 Å². The van der Waals surface area contributed by atoms with Crippen LogP contribution in [0.2, 0.25) is 0 Å². The molecule has 8 nitrogen and oxygen atoms in total. The highest BCUT2D eigenvalue weighted by Gasteiger charge is 2.41. The van der Waals surface area contributed by atoms with Crippen molar-refractivity contribution >= 4 is 34.6 Å². The number of amidine groups is 1. The average molecular weight is 595 g/mol. The minimum absolute atomic E-state index is 0.0133. The van der Waals surface area contributed by atoms with E-state index in [4.69, 9.17) is 14.6 Å². The molecule has 5 rings (SSSR count). The number of nitrogens with one attached hydrogen (secondary N) is 1. The number of hydrazone groups is 1. The molecule has 0 saturated heterocycles. The third-order valence-corrected chi connectivity index (χ3v) is 7.30. The summed E-state index contributed by atoms with van der Waals surface area (Å²) in [5.41, 5.74) is 4.09. The Morgan fingerprint density at radius 1 is 0.932 bits per heavy atom. The molecule has 0 aliphatic carbocycles. The molecule has 4 aromatic carbocycles. The van der Waals surface area contributed by atoms with Gasteiger partial charge in [-0.15, -0.1) is 5.10 Å². The molecule has 1 heterocycles. The second-order valence-corrected chi connectivity index (χ2v) is 10.9. The Balaban J connectivity index is 1.63. The Morgan fingerprint density at radius 3 is 2.30 bits per heavy atom. The molecule has 1 atom stereocenters. The highest BCUT2D eigenvalue weighted by atomic mass is 19.1. The number of Topliss-reactive ketones (excluding diaryl/α,β-unsaturated/α-hetero) is 1. The maximum atomic E-state index is 14.5. The Morgan fingerprint density at radius 2 is 1.61 bits per heavy atom. The Hall–Kier alpha value is -5.18. The van der Waals surface area contributed by atoms with Crippen molar-refractivity contribution in [1.29, 1.82) is 0 Å². The monoisotopic (exact) mass is 594 g/mol. The first-order chi connectivity index (χ1) is 21.2. The van der Waals surface area contributed by atoms with E-state index in [1.165, 1.54) is 20.1 Å². The van der Waals surface area contributed by atoms with Crippen LogP contribution in [0.1, 0.15) is 43.6 Å². The van der Waals surface area contributed by atoms with Crippen LogP contribution in [0.25, 0.3) is 0 Å². The summed E-state index contributed by atoms with van der Waals surface area (Å²) in [6.07, 6.45) is -0.658. The number of hydrogen-bond acceptors (Lipinski definition) is 7. The van der Waals surface area contributed by atoms with Gasteiger partial charge in [-0.05, 0) is 43.3 Å². The van der Waals surface area contributed by atoms with Crippen molar-refractivity contribution < 1.29 is 23.5 Å². The zero-order chi connectivity index (χ0) is 31.4. The zero-order valence-electron chi connectivity index (χ0n) is 25.4. The predicted octanol–water partition coefficient (Wildman–Crippen LogP) is 7.24. The molecule has 0 unspecified atom stereocenters. The van der Waals surface area contributed by atoms with Crippen molar-refractivity contribution in [1.82, 2.24) is 0 Å². The molecule has 1 N–H and O–H groups in total. The molecule has 0 bridgehead atoms. The van der Waals surface area contributed by atoms with Crippen molar-refractivity contribution in [3.8, 4) is 11.5 Å². The molecule has 1 amide bonds. The molecular formula is C35H35FN4O4. The van der Waals surface area contributed by atoms with E-state index in [0.29, 0.717) is 34.0 Å². The van der Waals surface area contributed by atoms with E-state index in [1.54, 1.807) is 35.3 Å². The number of halogens is 1. The SMILES string of the molecule is COc1cc(N2C(C(C)=O)=NN(c3ccc(C)cc3)[C@@H]2c2ccccc2OCc2ccccc2F)ccc1NC(=O)C(C)C. The molecule has 0 aromatic heterocycles. The van der Waals surface area contributed by atoms with Gasteiger partial charge >= 0.3 is 0 Å². The highest BCUT2D eigenvalue weighted by Crippen LogP contribution is 2.44. The van der Waals surface area contributed by atoms with Gasteiger partial charge in [0, 0.05) is 35.7 Å². The number of ketones is 1. The second-order valence-electron chi connectivity index (χ2n) is 10.9. The molecule has 0 spiro atoms. The Kier molecular flexibility index (Phi) is 8.94. The van der Waals surface area contributed by atoms with Crippen LogP contribution in [0.5, 0.6) is 11.5 Å². The second kappa shape index (κ2) is 13.0. The van der Waals surface area contributed by atoms with Gasteiger partial charge in [-0.2, -0.15) is 0 Å². The van der Waals surface area contributed by atoms with E-state index >= 15 is 0 Å². The Labute approximate surface area is 256 Å². The smallest absolute Gasteiger partial charge is 0.227 e. The summed E-state index contributed by atoms with van der Waals surface area (Å²) in [5.74, 6) is 0.181. The van der Waals surface area contributed by atoms with E-state index in [2.05, 4.69) is 5.32 Å². The number of para-hydroxylation sites is 1. The molecule has 1 aliphatic rings. The van der Waals surface area contributed by atoms with Crippen LogP contribution < -0.4 is 24.7 Å². The maximum absolute atomic E-state index is 14.5. The number of methoxy groups -OCH3 is 1. The van der Waals surface area contributed by atoms with Crippen molar-refractivity contribution in [2.24, 2.45) is 11.0 Å². The lowest BCUT2D eigenvalue weighted by Crippen LogP contribution is -2.38. The summed E-state index contributed by atoms with van der Waals surface area (Å²) in [4.78, 5) is 27.4. The first-order valence-corrected chi connectivity index (χ1v) is 14.4. The number of hydrogen-bond donors (Lipinski definition) is 1. The van der Waals surface area contributed by atoms with Crippen molar-refractivity contribution in [2.45, 2.75) is 40.5 Å². The number of anilines is 3. The van der Waals surface area contributed by atoms with Crippen LogP contribution >= 0.6 is 0 Å². The van der Waals surface area contributed by atoms with E-state index < -0.39 is 6.17 Å². The van der Waals surface area contributed by atoms with Crippen LogP contribution in [-0.2, 0) is 16.2 Å². The largest absolute Gasteiger partial charge is 0.494 e. The van der Waals surface area contributed by atoms with E-state index in [0.717, 1.165) is 11.3 Å². The van der Waals surface area contributed by atoms with Crippen LogP contribution in [-0.4, -0.2) is 24.6 Å². The summed E-state index contributed by atoms with van der Waals surface area (Å²) >= 11 is 0. The van der Waals surface area contributed by atoms with E-state index in [1.807, 2.05) is 80.3 Å². The van der Waals surface area contributed by atoms with Gasteiger partial charge in [0.05, 0.1) is 18.5 Å². The molecule has 226 valence electrons. The van der Waals surface area contributed by atoms with Crippen molar-refractivity contribution in [2.75, 3.05) is 22.3 Å². The molecule has 0 fully saturated rings. The topological polar surface area (TPSA) is 83.5 Å². The number of benzene rings is 4. The fraction of sp³-hybridized carbons (Fsp3) is 0.229. The highest BCUT2D eigenvalue weighted by molar-refractivity contribution is 6.44. The van der Waals surface area contributed by atoms with Gasteiger partial charge in [0.15, 0.2) is 17.8 Å². The van der Waals surface area contributed by atoms with Gasteiger partial charge in [0.2, 0.25) is 5.91 Å². The molecule has 0 saturated carbocycles. The molecule has 9 heteroatoms. The standard InChI is InChI=1S/C35H35FN4O4/c1-22(2)34(42)37-30-19-18-27(20-32(30)43-5)39-33(24(4)41)38-40(26-16-14-23(3)15-17-26)35(39)28-11-7-9-13-31(28)44-21-25-10-6-8-12-29(25)36/h6-20,22,35H,21H2,1-5H3,(H,37,42)/t35-/m1/s1. The van der Waals surface area contributed by atoms with Gasteiger partial charge in [-0.3, -0.25) is 14.5 Å². The number of amides is 1. The fourth-order valence-electron chi connectivity index (χ4n) is 4.91. The van der Waals surface area contributed by atoms with Crippen LogP contribution in [0.15, 0.2) is 96.1 Å². The summed E-state index contributed by atoms with van der Waals surface area (Å²) < 4.78 is 26.4. The molecular weight excluding hydrogens is 559 g/mol. The number of ether oxygens (including phenoxy) is 2. The van der Waals surface area contributed by atoms with Gasteiger partial charge in [0.25, 0.3) is 0 Å². The third-order valence-electron chi connectivity index (χ3n) is 7.30. The summed E-state index contributed by atoms with van der Waals surface area (Å²) in [5, 5.41) is 9.51. The number of rotatable bonds is 10. The quantitative estimate of drug-likeness (QED) is 0.208. The van der Waals surface area contributed by atoms with Crippen LogP contribution in [0.3, 0.4) is 0 Å². The lowest BCUT2D eigenvalue weighted by Gasteiger charge is -2.33. The molecule has 44 heavy (non-hydrogen) atoms. The lowest BCUT2D eigenvalue weighted by molar-refractivity contribution is -0.119. The van der Waals surface area contributed by atoms with Crippen LogP contribution in [0.4, 0.5) is 21.5 Å². The normalized spacial score (nSPS) is 14.4.